The highest BCUT2D eigenvalue weighted by Gasteiger charge is 2.36. The van der Waals surface area contributed by atoms with E-state index in [0.29, 0.717) is 12.1 Å². The Balaban J connectivity index is 2.21. The molecule has 22 heavy (non-hydrogen) atoms. The molecule has 1 fully saturated rings. The summed E-state index contributed by atoms with van der Waals surface area (Å²) in [5, 5.41) is 9.03. The highest BCUT2D eigenvalue weighted by molar-refractivity contribution is 5.94. The molecule has 0 aliphatic carbocycles. The number of benzene rings is 1. The Bertz CT molecular complexity index is 573. The first-order valence-electron chi connectivity index (χ1n) is 7.25. The molecule has 0 aromatic heterocycles. The monoisotopic (exact) mass is 304 g/mol. The number of carbonyl (C=O) groups excluding carboxylic acids is 2. The van der Waals surface area contributed by atoms with Crippen LogP contribution in [-0.4, -0.2) is 57.9 Å². The van der Waals surface area contributed by atoms with Crippen molar-refractivity contribution in [2.75, 3.05) is 13.1 Å². The predicted octanol–water partition coefficient (Wildman–Crippen LogP) is 1.22. The number of hydrogen-bond donors (Lipinski definition) is 1. The van der Waals surface area contributed by atoms with E-state index in [1.165, 1.54) is 6.92 Å². The molecule has 6 nitrogen and oxygen atoms in total. The van der Waals surface area contributed by atoms with Gasteiger partial charge in [-0.3, -0.25) is 14.4 Å². The fraction of sp³-hybridized carbons (Fsp3) is 0.438. The van der Waals surface area contributed by atoms with Crippen molar-refractivity contribution in [3.63, 3.8) is 0 Å². The molecule has 1 heterocycles. The van der Waals surface area contributed by atoms with Gasteiger partial charge in [0.1, 0.15) is 0 Å². The van der Waals surface area contributed by atoms with E-state index in [9.17, 15) is 14.4 Å². The van der Waals surface area contributed by atoms with Crippen molar-refractivity contribution in [2.24, 2.45) is 0 Å². The molecule has 0 saturated carbocycles. The summed E-state index contributed by atoms with van der Waals surface area (Å²) in [5.41, 5.74) is 0.569. The van der Waals surface area contributed by atoms with Crippen LogP contribution < -0.4 is 0 Å². The molecule has 1 N–H and O–H groups in total. The molecule has 1 aliphatic rings. The number of carbonyl (C=O) groups is 3. The van der Waals surface area contributed by atoms with E-state index < -0.39 is 12.0 Å². The van der Waals surface area contributed by atoms with Gasteiger partial charge in [-0.1, -0.05) is 18.2 Å². The second-order valence-corrected chi connectivity index (χ2v) is 5.60. The van der Waals surface area contributed by atoms with Gasteiger partial charge in [-0.2, -0.15) is 0 Å². The minimum absolute atomic E-state index is 0.133. The standard InChI is InChI=1S/C16H20N2O4/c1-11-9-18(12(2)19)14(8-15(20)21)10-17(11)16(22)13-6-4-3-5-7-13/h3-7,11,14H,8-10H2,1-2H3,(H,20,21)/t11-,14+/m1/s1. The maximum atomic E-state index is 12.6. The third kappa shape index (κ3) is 3.44. The van der Waals surface area contributed by atoms with Gasteiger partial charge in [0.2, 0.25) is 5.91 Å². The molecule has 2 amide bonds. The second kappa shape index (κ2) is 6.60. The average Bonchev–Trinajstić information content (AvgIpc) is 2.48. The van der Waals surface area contributed by atoms with Gasteiger partial charge in [-0.15, -0.1) is 0 Å². The third-order valence-corrected chi connectivity index (χ3v) is 3.94. The summed E-state index contributed by atoms with van der Waals surface area (Å²) >= 11 is 0. The summed E-state index contributed by atoms with van der Waals surface area (Å²) < 4.78 is 0. The van der Waals surface area contributed by atoms with Crippen LogP contribution in [0.25, 0.3) is 0 Å². The number of rotatable bonds is 3. The molecule has 118 valence electrons. The van der Waals surface area contributed by atoms with Crippen LogP contribution in [0.2, 0.25) is 0 Å². The number of carboxylic acid groups (broad SMARTS) is 1. The molecule has 2 rings (SSSR count). The number of carboxylic acids is 1. The van der Waals surface area contributed by atoms with Crippen LogP contribution >= 0.6 is 0 Å². The summed E-state index contributed by atoms with van der Waals surface area (Å²) in [7, 11) is 0. The van der Waals surface area contributed by atoms with E-state index >= 15 is 0 Å². The Morgan fingerprint density at radius 2 is 1.77 bits per heavy atom. The summed E-state index contributed by atoms with van der Waals surface area (Å²) in [6.45, 7) is 3.89. The van der Waals surface area contributed by atoms with E-state index in [1.807, 2.05) is 13.0 Å². The highest BCUT2D eigenvalue weighted by atomic mass is 16.4. The second-order valence-electron chi connectivity index (χ2n) is 5.60. The van der Waals surface area contributed by atoms with Crippen molar-refractivity contribution >= 4 is 17.8 Å². The summed E-state index contributed by atoms with van der Waals surface area (Å²) in [6, 6.07) is 8.25. The Kier molecular flexibility index (Phi) is 4.80. The largest absolute Gasteiger partial charge is 0.481 e. The van der Waals surface area contributed by atoms with Crippen LogP contribution in [0, 0.1) is 0 Å². The number of nitrogens with zero attached hydrogens (tertiary/aromatic N) is 2. The number of piperazine rings is 1. The van der Waals surface area contributed by atoms with E-state index in [4.69, 9.17) is 5.11 Å². The minimum Gasteiger partial charge on any atom is -0.481 e. The van der Waals surface area contributed by atoms with Gasteiger partial charge >= 0.3 is 5.97 Å². The first kappa shape index (κ1) is 16.0. The highest BCUT2D eigenvalue weighted by Crippen LogP contribution is 2.20. The van der Waals surface area contributed by atoms with Crippen molar-refractivity contribution in [3.8, 4) is 0 Å². The lowest BCUT2D eigenvalue weighted by molar-refractivity contribution is -0.142. The molecule has 1 aromatic rings. The Morgan fingerprint density at radius 3 is 2.32 bits per heavy atom. The average molecular weight is 304 g/mol. The van der Waals surface area contributed by atoms with Gasteiger partial charge in [-0.25, -0.2) is 0 Å². The molecule has 1 aliphatic heterocycles. The van der Waals surface area contributed by atoms with E-state index in [0.717, 1.165) is 0 Å². The summed E-state index contributed by atoms with van der Waals surface area (Å²) in [6.07, 6.45) is -0.162. The maximum Gasteiger partial charge on any atom is 0.305 e. The Hall–Kier alpha value is -2.37. The smallest absolute Gasteiger partial charge is 0.305 e. The van der Waals surface area contributed by atoms with Crippen molar-refractivity contribution in [1.29, 1.82) is 0 Å². The SMILES string of the molecule is CC(=O)N1C[C@@H](C)N(C(=O)c2ccccc2)C[C@@H]1CC(=O)O. The molecule has 1 aromatic carbocycles. The fourth-order valence-corrected chi connectivity index (χ4v) is 2.83. The lowest BCUT2D eigenvalue weighted by Crippen LogP contribution is -2.60. The first-order chi connectivity index (χ1) is 10.4. The minimum atomic E-state index is -0.974. The quantitative estimate of drug-likeness (QED) is 0.911. The van der Waals surface area contributed by atoms with Gasteiger partial charge in [0.25, 0.3) is 5.91 Å². The molecule has 0 unspecified atom stereocenters. The van der Waals surface area contributed by atoms with Crippen molar-refractivity contribution < 1.29 is 19.5 Å². The number of hydrogen-bond acceptors (Lipinski definition) is 3. The van der Waals surface area contributed by atoms with Crippen LogP contribution in [-0.2, 0) is 9.59 Å². The molecule has 1 saturated heterocycles. The fourth-order valence-electron chi connectivity index (χ4n) is 2.83. The summed E-state index contributed by atoms with van der Waals surface area (Å²) in [5.74, 6) is -1.27. The molecular weight excluding hydrogens is 284 g/mol. The predicted molar refractivity (Wildman–Crippen MR) is 80.4 cm³/mol. The zero-order valence-corrected chi connectivity index (χ0v) is 12.7. The Labute approximate surface area is 129 Å². The van der Waals surface area contributed by atoms with Gasteiger partial charge in [0.05, 0.1) is 12.5 Å². The topological polar surface area (TPSA) is 77.9 Å². The maximum absolute atomic E-state index is 12.6. The van der Waals surface area contributed by atoms with Crippen LogP contribution in [0.5, 0.6) is 0 Å². The third-order valence-electron chi connectivity index (χ3n) is 3.94. The van der Waals surface area contributed by atoms with Crippen molar-refractivity contribution in [3.05, 3.63) is 35.9 Å². The molecule has 0 spiro atoms. The van der Waals surface area contributed by atoms with Crippen LogP contribution in [0.3, 0.4) is 0 Å². The van der Waals surface area contributed by atoms with Gasteiger partial charge in [0.15, 0.2) is 0 Å². The van der Waals surface area contributed by atoms with Gasteiger partial charge in [0, 0.05) is 31.6 Å². The first-order valence-corrected chi connectivity index (χ1v) is 7.25. The molecular formula is C16H20N2O4. The van der Waals surface area contributed by atoms with Crippen LogP contribution in [0.15, 0.2) is 30.3 Å². The van der Waals surface area contributed by atoms with Crippen LogP contribution in [0.4, 0.5) is 0 Å². The lowest BCUT2D eigenvalue weighted by atomic mass is 10.0. The van der Waals surface area contributed by atoms with E-state index in [-0.39, 0.29) is 30.8 Å². The van der Waals surface area contributed by atoms with Crippen LogP contribution in [0.1, 0.15) is 30.6 Å². The molecule has 0 radical (unpaired) electrons. The normalized spacial score (nSPS) is 21.5. The molecule has 2 atom stereocenters. The number of amides is 2. The van der Waals surface area contributed by atoms with Crippen molar-refractivity contribution in [2.45, 2.75) is 32.4 Å². The van der Waals surface area contributed by atoms with Gasteiger partial charge in [-0.05, 0) is 19.1 Å². The molecule has 0 bridgehead atoms. The van der Waals surface area contributed by atoms with E-state index in [2.05, 4.69) is 0 Å². The zero-order chi connectivity index (χ0) is 16.3. The number of aliphatic carboxylic acids is 1. The van der Waals surface area contributed by atoms with Crippen molar-refractivity contribution in [1.82, 2.24) is 9.80 Å². The zero-order valence-electron chi connectivity index (χ0n) is 12.7. The lowest BCUT2D eigenvalue weighted by Gasteiger charge is -2.44. The Morgan fingerprint density at radius 1 is 1.14 bits per heavy atom. The molecule has 6 heteroatoms. The van der Waals surface area contributed by atoms with Gasteiger partial charge < -0.3 is 14.9 Å². The van der Waals surface area contributed by atoms with E-state index in [1.54, 1.807) is 34.1 Å². The summed E-state index contributed by atoms with van der Waals surface area (Å²) in [4.78, 5) is 38.5.